The first-order valence-electron chi connectivity index (χ1n) is 4.68. The normalized spacial score (nSPS) is 11.4. The van der Waals surface area contributed by atoms with E-state index in [-0.39, 0.29) is 0 Å². The molecule has 0 aliphatic rings. The number of nitrogens with zero attached hydrogens (tertiary/aromatic N) is 2. The Labute approximate surface area is 102 Å². The van der Waals surface area contributed by atoms with E-state index in [1.54, 1.807) is 6.21 Å². The van der Waals surface area contributed by atoms with E-state index in [1.165, 1.54) is 4.68 Å². The summed E-state index contributed by atoms with van der Waals surface area (Å²) in [5, 5.41) is 9.65. The van der Waals surface area contributed by atoms with Gasteiger partial charge in [-0.15, -0.1) is 0 Å². The molecule has 0 aromatic carbocycles. The number of aromatic amines is 3. The molecule has 2 rings (SSSR count). The minimum atomic E-state index is 0.450. The molecule has 0 aliphatic carbocycles. The molecule has 2 aromatic heterocycles. The van der Waals surface area contributed by atoms with Crippen molar-refractivity contribution in [1.82, 2.24) is 19.9 Å². The Morgan fingerprint density at radius 1 is 1.25 bits per heavy atom. The molecule has 0 atom stereocenters. The topological polar surface area (TPSA) is 64.7 Å². The lowest BCUT2D eigenvalue weighted by molar-refractivity contribution is 0.848. The summed E-state index contributed by atoms with van der Waals surface area (Å²) in [5.41, 5.74) is 3.19. The molecule has 84 valence electrons. The van der Waals surface area contributed by atoms with Crippen molar-refractivity contribution in [3.05, 3.63) is 32.6 Å². The van der Waals surface area contributed by atoms with Crippen molar-refractivity contribution >= 4 is 30.7 Å². The smallest absolute Gasteiger partial charge is 0.215 e. The molecule has 0 unspecified atom stereocenters. The Balaban J connectivity index is 2.39. The predicted octanol–water partition coefficient (Wildman–Crippen LogP) is 2.43. The van der Waals surface area contributed by atoms with Crippen molar-refractivity contribution in [2.24, 2.45) is 5.10 Å². The fourth-order valence-corrected chi connectivity index (χ4v) is 1.85. The van der Waals surface area contributed by atoms with Gasteiger partial charge >= 0.3 is 0 Å². The number of rotatable bonds is 2. The summed E-state index contributed by atoms with van der Waals surface area (Å²) < 4.78 is 2.37. The minimum Gasteiger partial charge on any atom is -0.362 e. The van der Waals surface area contributed by atoms with Crippen LogP contribution < -0.4 is 0 Å². The lowest BCUT2D eigenvalue weighted by atomic mass is 10.3. The van der Waals surface area contributed by atoms with Gasteiger partial charge in [-0.1, -0.05) is 0 Å². The maximum absolute atomic E-state index is 5.01. The van der Waals surface area contributed by atoms with Crippen LogP contribution in [-0.2, 0) is 0 Å². The van der Waals surface area contributed by atoms with Crippen molar-refractivity contribution < 1.29 is 0 Å². The van der Waals surface area contributed by atoms with E-state index in [0.717, 1.165) is 17.0 Å². The Morgan fingerprint density at radius 3 is 2.38 bits per heavy atom. The maximum Gasteiger partial charge on any atom is 0.215 e. The summed E-state index contributed by atoms with van der Waals surface area (Å²) in [5.74, 6) is 0. The molecule has 2 aromatic rings. The van der Waals surface area contributed by atoms with E-state index >= 15 is 0 Å². The molecule has 0 spiro atoms. The molecule has 5 nitrogen and oxygen atoms in total. The Kier molecular flexibility index (Phi) is 2.88. The summed E-state index contributed by atoms with van der Waals surface area (Å²) in [4.78, 5) is 3.20. The second kappa shape index (κ2) is 4.18. The molecule has 0 radical (unpaired) electrons. The Morgan fingerprint density at radius 2 is 1.88 bits per heavy atom. The minimum absolute atomic E-state index is 0.450. The number of hydrogen-bond donors (Lipinski definition) is 3. The molecule has 0 fully saturated rings. The van der Waals surface area contributed by atoms with E-state index in [9.17, 15) is 0 Å². The van der Waals surface area contributed by atoms with Crippen LogP contribution in [-0.4, -0.2) is 26.1 Å². The second-order valence-corrected chi connectivity index (χ2v) is 4.22. The number of hydrogen-bond acceptors (Lipinski definition) is 3. The van der Waals surface area contributed by atoms with Gasteiger partial charge in [-0.2, -0.15) is 9.78 Å². The highest BCUT2D eigenvalue weighted by Gasteiger charge is 1.99. The first-order valence-corrected chi connectivity index (χ1v) is 5.50. The zero-order valence-electron chi connectivity index (χ0n) is 8.87. The van der Waals surface area contributed by atoms with E-state index in [0.29, 0.717) is 9.54 Å². The molecule has 0 saturated heterocycles. The monoisotopic (exact) mass is 253 g/mol. The molecular formula is C9H11N5S2. The third-order valence-corrected chi connectivity index (χ3v) is 2.71. The third-order valence-electron chi connectivity index (χ3n) is 2.16. The first-order chi connectivity index (χ1) is 7.58. The Bertz CT molecular complexity index is 612. The van der Waals surface area contributed by atoms with Gasteiger partial charge < -0.3 is 4.98 Å². The van der Waals surface area contributed by atoms with E-state index in [4.69, 9.17) is 24.4 Å². The highest BCUT2D eigenvalue weighted by atomic mass is 32.1. The molecule has 16 heavy (non-hydrogen) atoms. The van der Waals surface area contributed by atoms with Gasteiger partial charge in [0.2, 0.25) is 9.54 Å². The molecule has 0 saturated carbocycles. The van der Waals surface area contributed by atoms with Crippen molar-refractivity contribution in [2.45, 2.75) is 13.8 Å². The summed E-state index contributed by atoms with van der Waals surface area (Å²) in [7, 11) is 0. The highest BCUT2D eigenvalue weighted by molar-refractivity contribution is 7.72. The molecule has 0 aliphatic heterocycles. The van der Waals surface area contributed by atoms with Gasteiger partial charge in [0.05, 0.1) is 6.21 Å². The standard InChI is InChI=1S/C9H11N5S2/c1-5-3-7(6(2)11-5)4-10-14-8(15)12-13-9(14)16/h3-4,11H,1-2H3,(H,12,15)(H,13,16)/b10-4+. The van der Waals surface area contributed by atoms with Crippen molar-refractivity contribution in [3.63, 3.8) is 0 Å². The summed E-state index contributed by atoms with van der Waals surface area (Å²) in [6.07, 6.45) is 1.73. The molecular weight excluding hydrogens is 242 g/mol. The SMILES string of the molecule is Cc1cc(/C=N/n2c(=S)[nH][nH]c2=S)c(C)[nH]1. The van der Waals surface area contributed by atoms with Crippen LogP contribution >= 0.6 is 24.4 Å². The van der Waals surface area contributed by atoms with Gasteiger partial charge in [-0.25, -0.2) is 0 Å². The van der Waals surface area contributed by atoms with Crippen LogP contribution in [0, 0.1) is 23.4 Å². The summed E-state index contributed by atoms with van der Waals surface area (Å²) in [6.45, 7) is 3.99. The fraction of sp³-hybridized carbons (Fsp3) is 0.222. The summed E-state index contributed by atoms with van der Waals surface area (Å²) in [6, 6.07) is 2.02. The van der Waals surface area contributed by atoms with Gasteiger partial charge in [0.1, 0.15) is 0 Å². The average Bonchev–Trinajstić information content (AvgIpc) is 2.69. The number of aromatic nitrogens is 4. The zero-order chi connectivity index (χ0) is 11.7. The lowest BCUT2D eigenvalue weighted by Crippen LogP contribution is -1.91. The number of aryl methyl sites for hydroxylation is 2. The molecule has 0 bridgehead atoms. The van der Waals surface area contributed by atoms with Crippen LogP contribution in [0.25, 0.3) is 0 Å². The van der Waals surface area contributed by atoms with Crippen LogP contribution in [0.5, 0.6) is 0 Å². The van der Waals surface area contributed by atoms with Crippen molar-refractivity contribution in [1.29, 1.82) is 0 Å². The number of nitrogens with one attached hydrogen (secondary N) is 3. The van der Waals surface area contributed by atoms with Gasteiger partial charge in [0.25, 0.3) is 0 Å². The second-order valence-electron chi connectivity index (χ2n) is 3.45. The quantitative estimate of drug-likeness (QED) is 0.568. The fourth-order valence-electron chi connectivity index (χ4n) is 1.41. The van der Waals surface area contributed by atoms with E-state index < -0.39 is 0 Å². The molecule has 0 amide bonds. The van der Waals surface area contributed by atoms with E-state index in [2.05, 4.69) is 20.3 Å². The van der Waals surface area contributed by atoms with Gasteiger partial charge in [0.15, 0.2) is 0 Å². The number of H-pyrrole nitrogens is 3. The van der Waals surface area contributed by atoms with Gasteiger partial charge in [-0.05, 0) is 44.3 Å². The largest absolute Gasteiger partial charge is 0.362 e. The lowest BCUT2D eigenvalue weighted by Gasteiger charge is -1.91. The molecule has 3 N–H and O–H groups in total. The first kappa shape index (κ1) is 11.0. The predicted molar refractivity (Wildman–Crippen MR) is 68.1 cm³/mol. The van der Waals surface area contributed by atoms with Crippen molar-refractivity contribution in [3.8, 4) is 0 Å². The zero-order valence-corrected chi connectivity index (χ0v) is 10.5. The van der Waals surface area contributed by atoms with Crippen LogP contribution in [0.1, 0.15) is 17.0 Å². The van der Waals surface area contributed by atoms with Crippen LogP contribution in [0.15, 0.2) is 11.2 Å². The average molecular weight is 253 g/mol. The van der Waals surface area contributed by atoms with Crippen LogP contribution in [0.3, 0.4) is 0 Å². The van der Waals surface area contributed by atoms with Crippen LogP contribution in [0.2, 0.25) is 0 Å². The van der Waals surface area contributed by atoms with E-state index in [1.807, 2.05) is 19.9 Å². The van der Waals surface area contributed by atoms with Crippen LogP contribution in [0.4, 0.5) is 0 Å². The highest BCUT2D eigenvalue weighted by Crippen LogP contribution is 2.06. The van der Waals surface area contributed by atoms with Crippen molar-refractivity contribution in [2.75, 3.05) is 0 Å². The molecule has 7 heteroatoms. The third kappa shape index (κ3) is 2.05. The summed E-state index contributed by atoms with van der Waals surface area (Å²) >= 11 is 10.0. The van der Waals surface area contributed by atoms with Gasteiger partial charge in [0, 0.05) is 17.0 Å². The van der Waals surface area contributed by atoms with Gasteiger partial charge in [-0.3, -0.25) is 10.2 Å². The maximum atomic E-state index is 5.01. The molecule has 2 heterocycles. The Hall–Kier alpha value is -1.47.